The molecule has 0 amide bonds. The molecule has 1 saturated heterocycles. The highest BCUT2D eigenvalue weighted by molar-refractivity contribution is 6.28. The Labute approximate surface area is 120 Å². The molecule has 3 aromatic rings. The van der Waals surface area contributed by atoms with Crippen molar-refractivity contribution in [2.45, 2.75) is 25.8 Å². The molecule has 0 bridgehead atoms. The monoisotopic (exact) mass is 291 g/mol. The number of imidazole rings is 2. The topological polar surface area (TPSA) is 57.2 Å². The zero-order valence-electron chi connectivity index (χ0n) is 11.1. The van der Waals surface area contributed by atoms with Crippen molar-refractivity contribution in [3.05, 3.63) is 23.4 Å². The summed E-state index contributed by atoms with van der Waals surface area (Å²) in [6.07, 6.45) is 5.57. The molecule has 3 aromatic heterocycles. The number of hydrogen-bond donors (Lipinski definition) is 0. The Hall–Kier alpha value is -1.66. The minimum absolute atomic E-state index is 0.268. The fourth-order valence-corrected chi connectivity index (χ4v) is 3.08. The zero-order chi connectivity index (χ0) is 13.7. The van der Waals surface area contributed by atoms with Gasteiger partial charge in [-0.05, 0) is 31.4 Å². The van der Waals surface area contributed by atoms with Gasteiger partial charge in [-0.3, -0.25) is 8.97 Å². The maximum Gasteiger partial charge on any atom is 0.224 e. The Bertz CT molecular complexity index is 787. The van der Waals surface area contributed by atoms with Crippen LogP contribution in [0.15, 0.2) is 12.4 Å². The molecule has 4 heterocycles. The van der Waals surface area contributed by atoms with E-state index >= 15 is 0 Å². The Morgan fingerprint density at radius 2 is 2.05 bits per heavy atom. The minimum Gasteiger partial charge on any atom is -0.381 e. The standard InChI is InChI=1S/C13H14ClN5O/c1-8-6-16-13-18(8)10-7-15-12(14)17-11(10)19(13)9-2-4-20-5-3-9/h6-7,9H,2-5H2,1H3. The molecular weight excluding hydrogens is 278 g/mol. The molecule has 0 aliphatic carbocycles. The van der Waals surface area contributed by atoms with E-state index in [-0.39, 0.29) is 5.28 Å². The summed E-state index contributed by atoms with van der Waals surface area (Å²) in [5.74, 6) is 0.904. The number of fused-ring (bicyclic) bond motifs is 3. The van der Waals surface area contributed by atoms with Gasteiger partial charge in [0, 0.05) is 24.9 Å². The van der Waals surface area contributed by atoms with Crippen LogP contribution in [0.25, 0.3) is 16.9 Å². The summed E-state index contributed by atoms with van der Waals surface area (Å²) in [6.45, 7) is 3.58. The number of hydrogen-bond acceptors (Lipinski definition) is 4. The molecule has 104 valence electrons. The van der Waals surface area contributed by atoms with Crippen LogP contribution < -0.4 is 0 Å². The summed E-state index contributed by atoms with van der Waals surface area (Å²) in [7, 11) is 0. The van der Waals surface area contributed by atoms with E-state index in [1.807, 2.05) is 13.1 Å². The first kappa shape index (κ1) is 12.1. The molecule has 6 nitrogen and oxygen atoms in total. The number of rotatable bonds is 1. The molecule has 0 aromatic carbocycles. The van der Waals surface area contributed by atoms with Gasteiger partial charge < -0.3 is 4.74 Å². The van der Waals surface area contributed by atoms with Gasteiger partial charge in [0.1, 0.15) is 5.52 Å². The quantitative estimate of drug-likeness (QED) is 0.646. The zero-order valence-corrected chi connectivity index (χ0v) is 11.8. The average molecular weight is 292 g/mol. The minimum atomic E-state index is 0.268. The lowest BCUT2D eigenvalue weighted by atomic mass is 10.1. The molecule has 0 spiro atoms. The van der Waals surface area contributed by atoms with E-state index in [1.54, 1.807) is 6.20 Å². The SMILES string of the molecule is Cc1cnc2n(C3CCOCC3)c3nc(Cl)ncc3n12. The molecule has 0 N–H and O–H groups in total. The van der Waals surface area contributed by atoms with E-state index in [0.29, 0.717) is 6.04 Å². The molecule has 4 rings (SSSR count). The molecule has 0 saturated carbocycles. The Balaban J connectivity index is 2.06. The van der Waals surface area contributed by atoms with Crippen LogP contribution in [0.4, 0.5) is 0 Å². The molecule has 0 radical (unpaired) electrons. The first-order valence-corrected chi connectivity index (χ1v) is 7.08. The highest BCUT2D eigenvalue weighted by Crippen LogP contribution is 2.29. The van der Waals surface area contributed by atoms with Gasteiger partial charge >= 0.3 is 0 Å². The van der Waals surface area contributed by atoms with Gasteiger partial charge in [-0.15, -0.1) is 0 Å². The third-order valence-electron chi connectivity index (χ3n) is 3.88. The van der Waals surface area contributed by atoms with E-state index in [0.717, 1.165) is 48.7 Å². The lowest BCUT2D eigenvalue weighted by Crippen LogP contribution is -2.20. The van der Waals surface area contributed by atoms with Crippen molar-refractivity contribution in [3.8, 4) is 0 Å². The highest BCUT2D eigenvalue weighted by Gasteiger charge is 2.24. The lowest BCUT2D eigenvalue weighted by molar-refractivity contribution is 0.0713. The fraction of sp³-hybridized carbons (Fsp3) is 0.462. The van der Waals surface area contributed by atoms with Crippen molar-refractivity contribution in [1.29, 1.82) is 0 Å². The van der Waals surface area contributed by atoms with Crippen molar-refractivity contribution in [2.75, 3.05) is 13.2 Å². The van der Waals surface area contributed by atoms with Gasteiger partial charge in [0.05, 0.1) is 12.4 Å². The number of nitrogens with zero attached hydrogens (tertiary/aromatic N) is 5. The predicted molar refractivity (Wildman–Crippen MR) is 75.1 cm³/mol. The maximum atomic E-state index is 5.97. The van der Waals surface area contributed by atoms with Crippen LogP contribution in [0.5, 0.6) is 0 Å². The normalized spacial score (nSPS) is 17.3. The van der Waals surface area contributed by atoms with Crippen molar-refractivity contribution in [2.24, 2.45) is 0 Å². The van der Waals surface area contributed by atoms with Crippen LogP contribution in [0.3, 0.4) is 0 Å². The van der Waals surface area contributed by atoms with Crippen LogP contribution in [0.1, 0.15) is 24.6 Å². The third-order valence-corrected chi connectivity index (χ3v) is 4.06. The van der Waals surface area contributed by atoms with Gasteiger partial charge in [-0.1, -0.05) is 0 Å². The summed E-state index contributed by atoms with van der Waals surface area (Å²) >= 11 is 5.97. The molecular formula is C13H14ClN5O. The summed E-state index contributed by atoms with van der Waals surface area (Å²) in [4.78, 5) is 13.1. The van der Waals surface area contributed by atoms with Crippen LogP contribution in [0, 0.1) is 6.92 Å². The Morgan fingerprint density at radius 1 is 1.25 bits per heavy atom. The van der Waals surface area contributed by atoms with Crippen LogP contribution in [-0.2, 0) is 4.74 Å². The van der Waals surface area contributed by atoms with Crippen LogP contribution >= 0.6 is 11.6 Å². The van der Waals surface area contributed by atoms with E-state index in [4.69, 9.17) is 16.3 Å². The van der Waals surface area contributed by atoms with Gasteiger partial charge in [-0.2, -0.15) is 4.98 Å². The van der Waals surface area contributed by atoms with Gasteiger partial charge in [-0.25, -0.2) is 9.97 Å². The molecule has 7 heteroatoms. The van der Waals surface area contributed by atoms with E-state index < -0.39 is 0 Å². The first-order chi connectivity index (χ1) is 9.75. The summed E-state index contributed by atoms with van der Waals surface area (Å²) < 4.78 is 9.71. The first-order valence-electron chi connectivity index (χ1n) is 6.70. The van der Waals surface area contributed by atoms with Crippen molar-refractivity contribution < 1.29 is 4.74 Å². The largest absolute Gasteiger partial charge is 0.381 e. The smallest absolute Gasteiger partial charge is 0.224 e. The van der Waals surface area contributed by atoms with Crippen LogP contribution in [-0.4, -0.2) is 37.1 Å². The summed E-state index contributed by atoms with van der Waals surface area (Å²) in [6, 6.07) is 0.344. The summed E-state index contributed by atoms with van der Waals surface area (Å²) in [5.41, 5.74) is 2.87. The maximum absolute atomic E-state index is 5.97. The van der Waals surface area contributed by atoms with Crippen molar-refractivity contribution in [3.63, 3.8) is 0 Å². The lowest BCUT2D eigenvalue weighted by Gasteiger charge is -2.23. The second kappa shape index (κ2) is 4.43. The van der Waals surface area contributed by atoms with Crippen molar-refractivity contribution >= 4 is 28.5 Å². The second-order valence-corrected chi connectivity index (χ2v) is 5.43. The van der Waals surface area contributed by atoms with E-state index in [2.05, 4.69) is 23.9 Å². The number of halogens is 1. The molecule has 0 unspecified atom stereocenters. The van der Waals surface area contributed by atoms with Gasteiger partial charge in [0.15, 0.2) is 5.65 Å². The Kier molecular flexibility index (Phi) is 2.68. The Morgan fingerprint density at radius 3 is 2.85 bits per heavy atom. The molecule has 1 fully saturated rings. The summed E-state index contributed by atoms with van der Waals surface area (Å²) in [5, 5.41) is 0.268. The van der Waals surface area contributed by atoms with E-state index in [9.17, 15) is 0 Å². The van der Waals surface area contributed by atoms with Gasteiger partial charge in [0.25, 0.3) is 0 Å². The van der Waals surface area contributed by atoms with Gasteiger partial charge in [0.2, 0.25) is 11.1 Å². The molecule has 1 aliphatic heterocycles. The fourth-order valence-electron chi connectivity index (χ4n) is 2.95. The molecule has 0 atom stereocenters. The second-order valence-electron chi connectivity index (χ2n) is 5.10. The number of aryl methyl sites for hydroxylation is 1. The van der Waals surface area contributed by atoms with E-state index in [1.165, 1.54) is 0 Å². The number of aromatic nitrogens is 5. The molecule has 1 aliphatic rings. The van der Waals surface area contributed by atoms with Crippen LogP contribution in [0.2, 0.25) is 5.28 Å². The average Bonchev–Trinajstić information content (AvgIpc) is 2.98. The molecule has 20 heavy (non-hydrogen) atoms. The third kappa shape index (κ3) is 1.65. The highest BCUT2D eigenvalue weighted by atomic mass is 35.5. The number of ether oxygens (including phenoxy) is 1. The van der Waals surface area contributed by atoms with Crippen molar-refractivity contribution in [1.82, 2.24) is 23.9 Å². The predicted octanol–water partition coefficient (Wildman–Crippen LogP) is 2.39.